The van der Waals surface area contributed by atoms with Crippen molar-refractivity contribution in [3.05, 3.63) is 198 Å². The van der Waals surface area contributed by atoms with Gasteiger partial charge in [0.05, 0.1) is 11.1 Å². The maximum Gasteiger partial charge on any atom is 0.164 e. The summed E-state index contributed by atoms with van der Waals surface area (Å²) in [5.74, 6) is 2.63. The van der Waals surface area contributed by atoms with Gasteiger partial charge < -0.3 is 0 Å². The van der Waals surface area contributed by atoms with Crippen molar-refractivity contribution in [2.75, 3.05) is 0 Å². The number of fused-ring (bicyclic) bond motifs is 11. The molecule has 5 heteroatoms. The van der Waals surface area contributed by atoms with Crippen LogP contribution in [0, 0.1) is 0 Å². The summed E-state index contributed by atoms with van der Waals surface area (Å²) in [5, 5.41) is 2.17. The summed E-state index contributed by atoms with van der Waals surface area (Å²) in [6, 6.07) is 59.3. The number of hydrogen-bond donors (Lipinski definition) is 0. The van der Waals surface area contributed by atoms with E-state index in [1.54, 1.807) is 0 Å². The zero-order valence-corrected chi connectivity index (χ0v) is 28.5. The lowest BCUT2D eigenvalue weighted by Crippen LogP contribution is -2.27. The van der Waals surface area contributed by atoms with E-state index in [2.05, 4.69) is 109 Å². The van der Waals surface area contributed by atoms with E-state index in [-0.39, 0.29) is 0 Å². The third-order valence-corrected chi connectivity index (χ3v) is 10.8. The lowest BCUT2D eigenvalue weighted by atomic mass is 9.72. The number of benzene rings is 7. The molecular formula is C48H29N5. The fraction of sp³-hybridized carbons (Fsp3) is 0.0208. The predicted molar refractivity (Wildman–Crippen MR) is 211 cm³/mol. The molecule has 0 atom stereocenters. The first-order valence-corrected chi connectivity index (χ1v) is 17.8. The van der Waals surface area contributed by atoms with Gasteiger partial charge in [0.1, 0.15) is 0 Å². The molecule has 11 rings (SSSR count). The van der Waals surface area contributed by atoms with Crippen LogP contribution in [-0.4, -0.2) is 24.9 Å². The molecule has 53 heavy (non-hydrogen) atoms. The van der Waals surface area contributed by atoms with Crippen molar-refractivity contribution in [2.24, 2.45) is 0 Å². The molecular weight excluding hydrogens is 647 g/mol. The van der Waals surface area contributed by atoms with Gasteiger partial charge in [-0.05, 0) is 56.3 Å². The van der Waals surface area contributed by atoms with Crippen LogP contribution in [0.5, 0.6) is 0 Å². The maximum absolute atomic E-state index is 5.48. The van der Waals surface area contributed by atoms with Crippen molar-refractivity contribution in [3.63, 3.8) is 0 Å². The van der Waals surface area contributed by atoms with Gasteiger partial charge in [-0.3, -0.25) is 0 Å². The molecule has 7 aromatic carbocycles. The van der Waals surface area contributed by atoms with Crippen molar-refractivity contribution >= 4 is 10.8 Å². The second-order valence-electron chi connectivity index (χ2n) is 13.7. The van der Waals surface area contributed by atoms with Gasteiger partial charge in [0, 0.05) is 34.0 Å². The Morgan fingerprint density at radius 2 is 0.736 bits per heavy atom. The molecule has 0 unspecified atom stereocenters. The molecule has 9 aromatic rings. The van der Waals surface area contributed by atoms with E-state index in [0.29, 0.717) is 23.3 Å². The highest BCUT2D eigenvalue weighted by Gasteiger charge is 2.53. The van der Waals surface area contributed by atoms with Crippen LogP contribution in [0.2, 0.25) is 0 Å². The topological polar surface area (TPSA) is 64.5 Å². The minimum atomic E-state index is -0.510. The van der Waals surface area contributed by atoms with Crippen LogP contribution in [0.1, 0.15) is 22.4 Å². The second-order valence-corrected chi connectivity index (χ2v) is 13.7. The molecule has 0 fully saturated rings. The zero-order valence-electron chi connectivity index (χ0n) is 28.5. The SMILES string of the molecule is c1ccc(-c2nc(-c3ccccc3)nc(-c3ccc4cc(-c5ncc6c(n5)C5(c7ccccc7-c7ccccc75)c5ccccc5-6)ccc4c3)n2)cc1. The predicted octanol–water partition coefficient (Wildman–Crippen LogP) is 10.8. The number of aromatic nitrogens is 5. The van der Waals surface area contributed by atoms with Crippen LogP contribution in [0.15, 0.2) is 176 Å². The first kappa shape index (κ1) is 29.6. The highest BCUT2D eigenvalue weighted by Crippen LogP contribution is 2.62. The molecule has 2 heterocycles. The maximum atomic E-state index is 5.48. The Morgan fingerprint density at radius 1 is 0.321 bits per heavy atom. The normalized spacial score (nSPS) is 13.1. The van der Waals surface area contributed by atoms with Crippen molar-refractivity contribution in [3.8, 4) is 67.8 Å². The lowest BCUT2D eigenvalue weighted by Gasteiger charge is -2.29. The summed E-state index contributed by atoms with van der Waals surface area (Å²) in [5.41, 5.74) is 12.9. The zero-order chi connectivity index (χ0) is 34.9. The van der Waals surface area contributed by atoms with Gasteiger partial charge in [-0.1, -0.05) is 158 Å². The Balaban J connectivity index is 1.03. The van der Waals surface area contributed by atoms with Crippen LogP contribution in [0.4, 0.5) is 0 Å². The molecule has 0 N–H and O–H groups in total. The van der Waals surface area contributed by atoms with Gasteiger partial charge >= 0.3 is 0 Å². The van der Waals surface area contributed by atoms with Crippen LogP contribution in [0.25, 0.3) is 78.6 Å². The fourth-order valence-corrected chi connectivity index (χ4v) is 8.42. The summed E-state index contributed by atoms with van der Waals surface area (Å²) < 4.78 is 0. The van der Waals surface area contributed by atoms with E-state index < -0.39 is 5.41 Å². The van der Waals surface area contributed by atoms with Crippen molar-refractivity contribution in [1.29, 1.82) is 0 Å². The lowest BCUT2D eigenvalue weighted by molar-refractivity contribution is 0.758. The summed E-state index contributed by atoms with van der Waals surface area (Å²) in [4.78, 5) is 25.2. The van der Waals surface area contributed by atoms with Gasteiger partial charge in [0.15, 0.2) is 23.3 Å². The first-order chi connectivity index (χ1) is 26.3. The highest BCUT2D eigenvalue weighted by molar-refractivity contribution is 5.95. The summed E-state index contributed by atoms with van der Waals surface area (Å²) in [6.45, 7) is 0. The van der Waals surface area contributed by atoms with Crippen LogP contribution >= 0.6 is 0 Å². The molecule has 2 aliphatic carbocycles. The quantitative estimate of drug-likeness (QED) is 0.186. The summed E-state index contributed by atoms with van der Waals surface area (Å²) in [7, 11) is 0. The van der Waals surface area contributed by atoms with E-state index in [4.69, 9.17) is 24.9 Å². The summed E-state index contributed by atoms with van der Waals surface area (Å²) in [6.07, 6.45) is 2.03. The Bertz CT molecular complexity index is 2780. The van der Waals surface area contributed by atoms with Gasteiger partial charge in [-0.2, -0.15) is 0 Å². The van der Waals surface area contributed by atoms with Crippen molar-refractivity contribution in [2.45, 2.75) is 5.41 Å². The molecule has 1 spiro atoms. The molecule has 0 amide bonds. The van der Waals surface area contributed by atoms with E-state index in [0.717, 1.165) is 44.3 Å². The van der Waals surface area contributed by atoms with Gasteiger partial charge in [0.2, 0.25) is 0 Å². The van der Waals surface area contributed by atoms with E-state index in [1.165, 1.54) is 33.4 Å². The van der Waals surface area contributed by atoms with Crippen LogP contribution in [0.3, 0.4) is 0 Å². The van der Waals surface area contributed by atoms with Gasteiger partial charge in [-0.15, -0.1) is 0 Å². The molecule has 0 bridgehead atoms. The van der Waals surface area contributed by atoms with Crippen LogP contribution in [-0.2, 0) is 5.41 Å². The monoisotopic (exact) mass is 675 g/mol. The molecule has 2 aromatic heterocycles. The molecule has 0 saturated heterocycles. The highest BCUT2D eigenvalue weighted by atomic mass is 15.0. The van der Waals surface area contributed by atoms with E-state index >= 15 is 0 Å². The Labute approximate surface area is 306 Å². The van der Waals surface area contributed by atoms with Crippen molar-refractivity contribution < 1.29 is 0 Å². The van der Waals surface area contributed by atoms with Gasteiger partial charge in [0.25, 0.3) is 0 Å². The molecule has 5 nitrogen and oxygen atoms in total. The molecule has 0 saturated carbocycles. The number of hydrogen-bond acceptors (Lipinski definition) is 5. The second kappa shape index (κ2) is 11.5. The third-order valence-electron chi connectivity index (χ3n) is 10.8. The van der Waals surface area contributed by atoms with Crippen LogP contribution < -0.4 is 0 Å². The standard InChI is InChI=1S/C48H29N5/c1-3-13-30(14-4-1)45-51-46(31-15-5-2-6-16-31)53-47(52-45)35-26-24-32-27-34(25-23-33(32)28-35)44-49-29-39-38-19-9-12-22-42(38)48(43(39)50-44)40-20-10-7-17-36(40)37-18-8-11-21-41(37)48/h1-29H. The van der Waals surface area contributed by atoms with Gasteiger partial charge in [-0.25, -0.2) is 24.9 Å². The Morgan fingerprint density at radius 3 is 1.25 bits per heavy atom. The average Bonchev–Trinajstić information content (AvgIpc) is 3.71. The number of rotatable bonds is 4. The average molecular weight is 676 g/mol. The minimum absolute atomic E-state index is 0.510. The smallest absolute Gasteiger partial charge is 0.164 e. The molecule has 0 aliphatic heterocycles. The summed E-state index contributed by atoms with van der Waals surface area (Å²) >= 11 is 0. The van der Waals surface area contributed by atoms with E-state index in [1.807, 2.05) is 66.9 Å². The minimum Gasteiger partial charge on any atom is -0.236 e. The molecule has 2 aliphatic rings. The first-order valence-electron chi connectivity index (χ1n) is 17.8. The van der Waals surface area contributed by atoms with E-state index in [9.17, 15) is 0 Å². The molecule has 0 radical (unpaired) electrons. The van der Waals surface area contributed by atoms with Crippen molar-refractivity contribution in [1.82, 2.24) is 24.9 Å². The Kier molecular flexibility index (Phi) is 6.40. The Hall–Kier alpha value is -7.11. The molecule has 246 valence electrons. The largest absolute Gasteiger partial charge is 0.236 e. The third kappa shape index (κ3) is 4.41. The number of nitrogens with zero attached hydrogens (tertiary/aromatic N) is 5. The fourth-order valence-electron chi connectivity index (χ4n) is 8.42.